The Morgan fingerprint density at radius 3 is 2.33 bits per heavy atom. The summed E-state index contributed by atoms with van der Waals surface area (Å²) in [4.78, 5) is 11.1. The highest BCUT2D eigenvalue weighted by Gasteiger charge is 2.64. The molecule has 4 heteroatoms. The van der Waals surface area contributed by atoms with E-state index in [1.807, 2.05) is 0 Å². The zero-order valence-corrected chi connectivity index (χ0v) is 19.5. The third-order valence-electron chi connectivity index (χ3n) is 11.0. The van der Waals surface area contributed by atoms with Crippen LogP contribution in [0.3, 0.4) is 0 Å². The second-order valence-electron chi connectivity index (χ2n) is 12.0. The Balaban J connectivity index is 1.61. The summed E-state index contributed by atoms with van der Waals surface area (Å²) in [6, 6.07) is 0. The molecule has 0 saturated heterocycles. The standard InChI is InChI=1S/C26H44O4/c1-5-17-21-14-16(27)10-12-26(21,4)20-11-13-25(3)18(15(2)6-9-22(28)29)7-8-19(25)23(20)24(17)30/h15-21,23-24,27,30H,5-14H2,1-4H3,(H,28,29)/t15-,16-,17-,18-,19-,20+,21-,23-,24-,25-,26+/m1/s1. The summed E-state index contributed by atoms with van der Waals surface area (Å²) in [7, 11) is 0. The van der Waals surface area contributed by atoms with Crippen LogP contribution in [-0.2, 0) is 4.79 Å². The van der Waals surface area contributed by atoms with Gasteiger partial charge in [-0.15, -0.1) is 0 Å². The Bertz CT molecular complexity index is 649. The number of aliphatic carboxylic acids is 1. The van der Waals surface area contributed by atoms with Crippen LogP contribution in [-0.4, -0.2) is 33.5 Å². The molecule has 0 aliphatic heterocycles. The fourth-order valence-corrected chi connectivity index (χ4v) is 9.48. The van der Waals surface area contributed by atoms with Crippen molar-refractivity contribution in [3.8, 4) is 0 Å². The molecule has 0 aromatic heterocycles. The minimum absolute atomic E-state index is 0.194. The average Bonchev–Trinajstić information content (AvgIpc) is 3.05. The first-order chi connectivity index (χ1) is 14.1. The molecule has 0 amide bonds. The van der Waals surface area contributed by atoms with Crippen LogP contribution < -0.4 is 0 Å². The van der Waals surface area contributed by atoms with Crippen LogP contribution in [0.25, 0.3) is 0 Å². The first kappa shape index (κ1) is 22.6. The lowest BCUT2D eigenvalue weighted by Crippen LogP contribution is -2.62. The number of carboxylic acid groups (broad SMARTS) is 1. The van der Waals surface area contributed by atoms with Crippen molar-refractivity contribution in [2.24, 2.45) is 52.3 Å². The molecule has 172 valence electrons. The highest BCUT2D eigenvalue weighted by molar-refractivity contribution is 5.66. The van der Waals surface area contributed by atoms with Crippen molar-refractivity contribution in [3.05, 3.63) is 0 Å². The summed E-state index contributed by atoms with van der Waals surface area (Å²) < 4.78 is 0. The number of fused-ring (bicyclic) bond motifs is 5. The van der Waals surface area contributed by atoms with Crippen LogP contribution in [0.5, 0.6) is 0 Å². The third kappa shape index (κ3) is 3.36. The van der Waals surface area contributed by atoms with Crippen molar-refractivity contribution in [3.63, 3.8) is 0 Å². The molecule has 4 saturated carbocycles. The highest BCUT2D eigenvalue weighted by Crippen LogP contribution is 2.69. The Kier molecular flexibility index (Phi) is 6.07. The van der Waals surface area contributed by atoms with Gasteiger partial charge in [0.05, 0.1) is 12.2 Å². The Morgan fingerprint density at radius 1 is 1.00 bits per heavy atom. The van der Waals surface area contributed by atoms with E-state index in [4.69, 9.17) is 5.11 Å². The van der Waals surface area contributed by atoms with Crippen LogP contribution in [0, 0.1) is 52.3 Å². The van der Waals surface area contributed by atoms with Gasteiger partial charge in [-0.1, -0.05) is 34.1 Å². The van der Waals surface area contributed by atoms with E-state index in [9.17, 15) is 15.0 Å². The molecule has 4 aliphatic carbocycles. The van der Waals surface area contributed by atoms with Crippen molar-refractivity contribution < 1.29 is 20.1 Å². The summed E-state index contributed by atoms with van der Waals surface area (Å²) in [6.45, 7) is 9.44. The third-order valence-corrected chi connectivity index (χ3v) is 11.0. The highest BCUT2D eigenvalue weighted by atomic mass is 16.4. The first-order valence-corrected chi connectivity index (χ1v) is 12.7. The fourth-order valence-electron chi connectivity index (χ4n) is 9.48. The minimum Gasteiger partial charge on any atom is -0.481 e. The average molecular weight is 421 g/mol. The second kappa shape index (κ2) is 8.06. The lowest BCUT2D eigenvalue weighted by atomic mass is 9.41. The Hall–Kier alpha value is -0.610. The normalized spacial score (nSPS) is 51.5. The largest absolute Gasteiger partial charge is 0.481 e. The van der Waals surface area contributed by atoms with Gasteiger partial charge in [-0.3, -0.25) is 4.79 Å². The Labute approximate surface area is 182 Å². The monoisotopic (exact) mass is 420 g/mol. The quantitative estimate of drug-likeness (QED) is 0.577. The summed E-state index contributed by atoms with van der Waals surface area (Å²) in [5.74, 6) is 2.58. The number of carbonyl (C=O) groups is 1. The van der Waals surface area contributed by atoms with Crippen LogP contribution in [0.1, 0.15) is 91.9 Å². The van der Waals surface area contributed by atoms with Crippen molar-refractivity contribution >= 4 is 5.97 Å². The van der Waals surface area contributed by atoms with Gasteiger partial charge in [0, 0.05) is 6.42 Å². The number of aliphatic hydroxyl groups excluding tert-OH is 2. The summed E-state index contributed by atoms with van der Waals surface area (Å²) in [5.41, 5.74) is 0.480. The molecule has 0 aromatic rings. The lowest BCUT2D eigenvalue weighted by molar-refractivity contribution is -0.203. The van der Waals surface area contributed by atoms with Crippen molar-refractivity contribution in [2.75, 3.05) is 0 Å². The lowest BCUT2D eigenvalue weighted by Gasteiger charge is -2.64. The molecule has 4 rings (SSSR count). The number of rotatable bonds is 5. The second-order valence-corrected chi connectivity index (χ2v) is 12.0. The van der Waals surface area contributed by atoms with E-state index in [-0.39, 0.29) is 29.5 Å². The van der Waals surface area contributed by atoms with Crippen molar-refractivity contribution in [1.82, 2.24) is 0 Å². The van der Waals surface area contributed by atoms with Crippen LogP contribution >= 0.6 is 0 Å². The SMILES string of the molecule is CC[C@H]1[C@@H](O)[C@@H]2[C@H]3CC[C@H]([C@H](C)CCC(=O)O)[C@@]3(C)CC[C@@H]2[C@]2(C)CC[C@@H](O)C[C@H]12. The van der Waals surface area contributed by atoms with E-state index in [0.717, 1.165) is 32.1 Å². The fraction of sp³-hybridized carbons (Fsp3) is 0.962. The van der Waals surface area contributed by atoms with E-state index in [2.05, 4.69) is 27.7 Å². The molecule has 0 heterocycles. The van der Waals surface area contributed by atoms with Gasteiger partial charge in [0.15, 0.2) is 0 Å². The van der Waals surface area contributed by atoms with Crippen molar-refractivity contribution in [2.45, 2.75) is 104 Å². The summed E-state index contributed by atoms with van der Waals surface area (Å²) in [6.07, 6.45) is 9.27. The number of hydrogen-bond donors (Lipinski definition) is 3. The van der Waals surface area contributed by atoms with E-state index >= 15 is 0 Å². The van der Waals surface area contributed by atoms with Crippen LogP contribution in [0.4, 0.5) is 0 Å². The summed E-state index contributed by atoms with van der Waals surface area (Å²) >= 11 is 0. The van der Waals surface area contributed by atoms with Crippen LogP contribution in [0.15, 0.2) is 0 Å². The van der Waals surface area contributed by atoms with Gasteiger partial charge >= 0.3 is 5.97 Å². The van der Waals surface area contributed by atoms with E-state index in [0.29, 0.717) is 41.4 Å². The molecule has 3 N–H and O–H groups in total. The van der Waals surface area contributed by atoms with Gasteiger partial charge in [0.25, 0.3) is 0 Å². The predicted octanol–water partition coefficient (Wildman–Crippen LogP) is 5.11. The molecule has 30 heavy (non-hydrogen) atoms. The van der Waals surface area contributed by atoms with Gasteiger partial charge < -0.3 is 15.3 Å². The molecule has 0 aromatic carbocycles. The first-order valence-electron chi connectivity index (χ1n) is 12.7. The van der Waals surface area contributed by atoms with Gasteiger partial charge in [0.2, 0.25) is 0 Å². The minimum atomic E-state index is -0.683. The zero-order valence-electron chi connectivity index (χ0n) is 19.5. The molecule has 0 spiro atoms. The van der Waals surface area contributed by atoms with E-state index in [1.54, 1.807) is 0 Å². The summed E-state index contributed by atoms with van der Waals surface area (Å²) in [5, 5.41) is 31.3. The number of hydrogen-bond acceptors (Lipinski definition) is 3. The van der Waals surface area contributed by atoms with E-state index < -0.39 is 5.97 Å². The van der Waals surface area contributed by atoms with Gasteiger partial charge in [-0.05, 0) is 104 Å². The molecule has 4 aliphatic rings. The predicted molar refractivity (Wildman–Crippen MR) is 118 cm³/mol. The molecular weight excluding hydrogens is 376 g/mol. The maximum atomic E-state index is 11.7. The zero-order chi connectivity index (χ0) is 21.8. The molecule has 11 atom stereocenters. The Morgan fingerprint density at radius 2 is 1.67 bits per heavy atom. The van der Waals surface area contributed by atoms with Gasteiger partial charge in [-0.2, -0.15) is 0 Å². The maximum absolute atomic E-state index is 11.7. The topological polar surface area (TPSA) is 77.8 Å². The number of carboxylic acids is 1. The molecule has 4 nitrogen and oxygen atoms in total. The maximum Gasteiger partial charge on any atom is 0.303 e. The molecular formula is C26H44O4. The van der Waals surface area contributed by atoms with Gasteiger partial charge in [-0.25, -0.2) is 0 Å². The number of aliphatic hydroxyl groups is 2. The molecule has 0 unspecified atom stereocenters. The smallest absolute Gasteiger partial charge is 0.303 e. The van der Waals surface area contributed by atoms with E-state index in [1.165, 1.54) is 25.7 Å². The van der Waals surface area contributed by atoms with Gasteiger partial charge in [0.1, 0.15) is 0 Å². The molecule has 0 bridgehead atoms. The van der Waals surface area contributed by atoms with Crippen molar-refractivity contribution in [1.29, 1.82) is 0 Å². The van der Waals surface area contributed by atoms with Crippen LogP contribution in [0.2, 0.25) is 0 Å². The molecule has 4 fully saturated rings. The molecule has 0 radical (unpaired) electrons.